The van der Waals surface area contributed by atoms with Crippen molar-refractivity contribution in [1.29, 1.82) is 5.26 Å². The summed E-state index contributed by atoms with van der Waals surface area (Å²) in [5, 5.41) is 13.9. The van der Waals surface area contributed by atoms with E-state index in [4.69, 9.17) is 0 Å². The van der Waals surface area contributed by atoms with E-state index in [1.165, 1.54) is 18.7 Å². The van der Waals surface area contributed by atoms with Gasteiger partial charge in [0.1, 0.15) is 0 Å². The molecule has 0 saturated heterocycles. The van der Waals surface area contributed by atoms with Gasteiger partial charge in [0.2, 0.25) is 0 Å². The molecule has 0 amide bonds. The van der Waals surface area contributed by atoms with Gasteiger partial charge in [0, 0.05) is 16.8 Å². The van der Waals surface area contributed by atoms with Crippen molar-refractivity contribution in [2.24, 2.45) is 0 Å². The fraction of sp³-hybridized carbons (Fsp3) is 0.167. The lowest BCUT2D eigenvalue weighted by Gasteiger charge is -2.29. The van der Waals surface area contributed by atoms with Gasteiger partial charge in [-0.15, -0.1) is 0 Å². The maximum Gasteiger partial charge on any atom is 0.173 e. The number of dihydropyridines is 1. The molecule has 0 saturated carbocycles. The third-order valence-corrected chi connectivity index (χ3v) is 7.08. The molecule has 0 bridgehead atoms. The Labute approximate surface area is 210 Å². The largest absolute Gasteiger partial charge is 0.353 e. The predicted molar refractivity (Wildman–Crippen MR) is 142 cm³/mol. The second-order valence-corrected chi connectivity index (χ2v) is 9.56. The van der Waals surface area contributed by atoms with E-state index in [0.29, 0.717) is 27.4 Å². The number of allylic oxidation sites excluding steroid dienone is 3. The van der Waals surface area contributed by atoms with E-state index in [-0.39, 0.29) is 17.3 Å². The molecule has 3 aromatic carbocycles. The van der Waals surface area contributed by atoms with Crippen LogP contribution in [0.2, 0.25) is 0 Å². The van der Waals surface area contributed by atoms with Gasteiger partial charge in [-0.2, -0.15) is 5.26 Å². The van der Waals surface area contributed by atoms with Crippen molar-refractivity contribution in [3.63, 3.8) is 0 Å². The average Bonchev–Trinajstić information content (AvgIpc) is 2.87. The normalized spacial score (nSPS) is 15.4. The van der Waals surface area contributed by atoms with Crippen LogP contribution < -0.4 is 5.32 Å². The number of nitrogens with zero attached hydrogens (tertiary/aromatic N) is 1. The Hall–Kier alpha value is -3.88. The summed E-state index contributed by atoms with van der Waals surface area (Å²) in [5.41, 5.74) is 6.49. The van der Waals surface area contributed by atoms with Crippen LogP contribution >= 0.6 is 11.8 Å². The van der Waals surface area contributed by atoms with Crippen molar-refractivity contribution in [1.82, 2.24) is 5.32 Å². The number of thioether (sulfide) groups is 1. The minimum Gasteiger partial charge on any atom is -0.353 e. The minimum atomic E-state index is -0.457. The summed E-state index contributed by atoms with van der Waals surface area (Å²) in [4.78, 5) is 25.5. The molecule has 1 atom stereocenters. The summed E-state index contributed by atoms with van der Waals surface area (Å²) in [6, 6.07) is 27.8. The molecule has 1 aliphatic rings. The predicted octanol–water partition coefficient (Wildman–Crippen LogP) is 6.56. The molecule has 4 nitrogen and oxygen atoms in total. The summed E-state index contributed by atoms with van der Waals surface area (Å²) in [6.07, 6.45) is 0. The van der Waals surface area contributed by atoms with E-state index in [1.54, 1.807) is 0 Å². The van der Waals surface area contributed by atoms with E-state index >= 15 is 0 Å². The number of nitrogens with one attached hydrogen (secondary N) is 1. The van der Waals surface area contributed by atoms with Crippen LogP contribution in [0.3, 0.4) is 0 Å². The van der Waals surface area contributed by atoms with Crippen LogP contribution in [0.1, 0.15) is 41.3 Å². The molecule has 4 rings (SSSR count). The first-order valence-electron chi connectivity index (χ1n) is 11.4. The third-order valence-electron chi connectivity index (χ3n) is 6.06. The topological polar surface area (TPSA) is 70.0 Å². The Morgan fingerprint density at radius 3 is 2.26 bits per heavy atom. The zero-order chi connectivity index (χ0) is 24.9. The van der Waals surface area contributed by atoms with Crippen LogP contribution in [-0.4, -0.2) is 17.3 Å². The number of Topliss-reactive ketones (excluding diaryl/α,β-unsaturated/α-hetero) is 2. The Kier molecular flexibility index (Phi) is 7.33. The highest BCUT2D eigenvalue weighted by molar-refractivity contribution is 8.03. The molecule has 0 radical (unpaired) electrons. The van der Waals surface area contributed by atoms with E-state index in [0.717, 1.165) is 22.3 Å². The fourth-order valence-corrected chi connectivity index (χ4v) is 5.36. The van der Waals surface area contributed by atoms with Crippen molar-refractivity contribution in [2.45, 2.75) is 26.7 Å². The lowest BCUT2D eigenvalue weighted by atomic mass is 9.80. The van der Waals surface area contributed by atoms with Gasteiger partial charge in [0.05, 0.1) is 28.3 Å². The monoisotopic (exact) mass is 478 g/mol. The number of rotatable bonds is 7. The SMILES string of the molecule is CC(=O)C1=C(C)NC(SCC(=O)c2ccc(-c3ccccc3)cc2)=C(C#N)[C@@H]1c1cccc(C)c1. The molecule has 1 N–H and O–H groups in total. The molecule has 1 aliphatic heterocycles. The van der Waals surface area contributed by atoms with Crippen molar-refractivity contribution in [3.8, 4) is 17.2 Å². The second kappa shape index (κ2) is 10.6. The second-order valence-electron chi connectivity index (χ2n) is 8.58. The van der Waals surface area contributed by atoms with Gasteiger partial charge in [-0.05, 0) is 37.5 Å². The molecule has 5 heteroatoms. The Morgan fingerprint density at radius 1 is 0.943 bits per heavy atom. The molecule has 3 aromatic rings. The van der Waals surface area contributed by atoms with E-state index in [1.807, 2.05) is 92.7 Å². The number of benzene rings is 3. The maximum atomic E-state index is 13.0. The van der Waals surface area contributed by atoms with E-state index in [9.17, 15) is 14.9 Å². The van der Waals surface area contributed by atoms with Crippen LogP contribution in [0.4, 0.5) is 0 Å². The van der Waals surface area contributed by atoms with Gasteiger partial charge in [0.15, 0.2) is 11.6 Å². The molecular weight excluding hydrogens is 452 g/mol. The van der Waals surface area contributed by atoms with Crippen LogP contribution in [0.5, 0.6) is 0 Å². The first-order valence-corrected chi connectivity index (χ1v) is 12.4. The van der Waals surface area contributed by atoms with Gasteiger partial charge < -0.3 is 5.32 Å². The zero-order valence-electron chi connectivity index (χ0n) is 20.0. The number of hydrogen-bond acceptors (Lipinski definition) is 5. The van der Waals surface area contributed by atoms with Gasteiger partial charge in [-0.25, -0.2) is 0 Å². The van der Waals surface area contributed by atoms with E-state index in [2.05, 4.69) is 11.4 Å². The van der Waals surface area contributed by atoms with Gasteiger partial charge in [-0.1, -0.05) is 96.2 Å². The van der Waals surface area contributed by atoms with Gasteiger partial charge in [0.25, 0.3) is 0 Å². The number of carbonyl (C=O) groups is 2. The highest BCUT2D eigenvalue weighted by atomic mass is 32.2. The highest BCUT2D eigenvalue weighted by Gasteiger charge is 2.33. The lowest BCUT2D eigenvalue weighted by Crippen LogP contribution is -2.27. The number of hydrogen-bond donors (Lipinski definition) is 1. The molecule has 35 heavy (non-hydrogen) atoms. The van der Waals surface area contributed by atoms with Crippen molar-refractivity contribution < 1.29 is 9.59 Å². The Balaban J connectivity index is 1.58. The molecule has 0 spiro atoms. The minimum absolute atomic E-state index is 0.0210. The van der Waals surface area contributed by atoms with Crippen molar-refractivity contribution >= 4 is 23.3 Å². The number of ketones is 2. The summed E-state index contributed by atoms with van der Waals surface area (Å²) in [5.74, 6) is -0.372. The molecule has 0 fully saturated rings. The van der Waals surface area contributed by atoms with Gasteiger partial charge in [-0.3, -0.25) is 9.59 Å². The summed E-state index contributed by atoms with van der Waals surface area (Å²) < 4.78 is 0. The molecule has 174 valence electrons. The zero-order valence-corrected chi connectivity index (χ0v) is 20.8. The summed E-state index contributed by atoms with van der Waals surface area (Å²) in [7, 11) is 0. The van der Waals surface area contributed by atoms with E-state index < -0.39 is 5.92 Å². The van der Waals surface area contributed by atoms with Gasteiger partial charge >= 0.3 is 0 Å². The summed E-state index contributed by atoms with van der Waals surface area (Å²) in [6.45, 7) is 5.36. The standard InChI is InChI=1S/C30H26N2O2S/c1-19-8-7-11-25(16-19)29-26(17-31)30(32-20(2)28(29)21(3)33)35-18-27(34)24-14-12-23(13-15-24)22-9-5-4-6-10-22/h4-16,29,32H,18H2,1-3H3/t29-/m0/s1. The van der Waals surface area contributed by atoms with Crippen LogP contribution in [0.15, 0.2) is 101 Å². The number of nitriles is 1. The molecular formula is C30H26N2O2S. The van der Waals surface area contributed by atoms with Crippen LogP contribution in [0.25, 0.3) is 11.1 Å². The maximum absolute atomic E-state index is 13.0. The molecule has 0 aromatic heterocycles. The molecule has 1 heterocycles. The number of carbonyl (C=O) groups excluding carboxylic acids is 2. The third kappa shape index (κ3) is 5.29. The fourth-order valence-electron chi connectivity index (χ4n) is 4.38. The Morgan fingerprint density at radius 2 is 1.63 bits per heavy atom. The van der Waals surface area contributed by atoms with Crippen molar-refractivity contribution in [3.05, 3.63) is 117 Å². The van der Waals surface area contributed by atoms with Crippen LogP contribution in [0, 0.1) is 18.3 Å². The molecule has 0 unspecified atom stereocenters. The average molecular weight is 479 g/mol. The highest BCUT2D eigenvalue weighted by Crippen LogP contribution is 2.41. The molecule has 0 aliphatic carbocycles. The smallest absolute Gasteiger partial charge is 0.173 e. The Bertz CT molecular complexity index is 1380. The van der Waals surface area contributed by atoms with Crippen LogP contribution in [-0.2, 0) is 4.79 Å². The lowest BCUT2D eigenvalue weighted by molar-refractivity contribution is -0.113. The quantitative estimate of drug-likeness (QED) is 0.389. The first kappa shape index (κ1) is 24.3. The first-order chi connectivity index (χ1) is 16.9. The number of aryl methyl sites for hydroxylation is 1. The summed E-state index contributed by atoms with van der Waals surface area (Å²) >= 11 is 1.30. The van der Waals surface area contributed by atoms with Crippen molar-refractivity contribution in [2.75, 3.05) is 5.75 Å².